The number of rotatable bonds is 3. The van der Waals surface area contributed by atoms with Gasteiger partial charge >= 0.3 is 0 Å². The Morgan fingerprint density at radius 3 is 2.20 bits per heavy atom. The Kier molecular flexibility index (Phi) is 4.71. The van der Waals surface area contributed by atoms with E-state index in [-0.39, 0.29) is 11.2 Å². The van der Waals surface area contributed by atoms with Crippen LogP contribution in [0.1, 0.15) is 27.6 Å². The Morgan fingerprint density at radius 2 is 1.70 bits per heavy atom. The van der Waals surface area contributed by atoms with Crippen molar-refractivity contribution in [3.63, 3.8) is 0 Å². The third-order valence-corrected chi connectivity index (χ3v) is 4.33. The van der Waals surface area contributed by atoms with Crippen molar-refractivity contribution >= 4 is 27.5 Å². The first kappa shape index (κ1) is 15.3. The van der Waals surface area contributed by atoms with Gasteiger partial charge in [-0.25, -0.2) is 4.39 Å². The second-order valence-corrected chi connectivity index (χ2v) is 6.01. The van der Waals surface area contributed by atoms with Crippen LogP contribution >= 0.6 is 27.5 Å². The predicted molar refractivity (Wildman–Crippen MR) is 84.3 cm³/mol. The molecule has 0 radical (unpaired) electrons. The van der Waals surface area contributed by atoms with E-state index in [1.54, 1.807) is 19.2 Å². The lowest BCUT2D eigenvalue weighted by atomic mass is 9.99. The number of alkyl halides is 1. The van der Waals surface area contributed by atoms with E-state index in [1.165, 1.54) is 6.07 Å². The zero-order valence-corrected chi connectivity index (χ0v) is 13.8. The lowest BCUT2D eigenvalue weighted by molar-refractivity contribution is 0.408. The molecule has 0 bridgehead atoms. The molecule has 0 heterocycles. The number of hydrogen-bond donors (Lipinski definition) is 0. The van der Waals surface area contributed by atoms with Crippen molar-refractivity contribution in [2.45, 2.75) is 19.2 Å². The molecule has 2 aromatic rings. The van der Waals surface area contributed by atoms with Crippen molar-refractivity contribution in [1.82, 2.24) is 0 Å². The van der Waals surface area contributed by atoms with Crippen LogP contribution in [0.5, 0.6) is 5.75 Å². The molecule has 0 saturated carbocycles. The minimum atomic E-state index is -0.324. The third kappa shape index (κ3) is 2.99. The summed E-state index contributed by atoms with van der Waals surface area (Å²) in [6.45, 7) is 3.97. The molecule has 0 saturated heterocycles. The Hall–Kier alpha value is -1.06. The molecule has 106 valence electrons. The van der Waals surface area contributed by atoms with Gasteiger partial charge in [0.1, 0.15) is 11.6 Å². The lowest BCUT2D eigenvalue weighted by Gasteiger charge is -2.15. The van der Waals surface area contributed by atoms with Crippen molar-refractivity contribution in [1.29, 1.82) is 0 Å². The van der Waals surface area contributed by atoms with E-state index in [9.17, 15) is 4.39 Å². The molecule has 0 fully saturated rings. The number of halogens is 3. The van der Waals surface area contributed by atoms with Gasteiger partial charge in [-0.3, -0.25) is 0 Å². The number of aryl methyl sites for hydroxylation is 2. The fourth-order valence-corrected chi connectivity index (χ4v) is 2.97. The van der Waals surface area contributed by atoms with Gasteiger partial charge in [-0.05, 0) is 64.2 Å². The molecule has 0 spiro atoms. The average molecular weight is 358 g/mol. The van der Waals surface area contributed by atoms with Crippen molar-refractivity contribution in [3.05, 3.63) is 62.9 Å². The summed E-state index contributed by atoms with van der Waals surface area (Å²) in [6.07, 6.45) is 0. The van der Waals surface area contributed by atoms with E-state index in [0.717, 1.165) is 28.0 Å². The summed E-state index contributed by atoms with van der Waals surface area (Å²) >= 11 is 9.70. The van der Waals surface area contributed by atoms with Crippen LogP contribution in [0.4, 0.5) is 4.39 Å². The van der Waals surface area contributed by atoms with Crippen LogP contribution in [0.3, 0.4) is 0 Å². The molecule has 0 aliphatic rings. The van der Waals surface area contributed by atoms with Crippen molar-refractivity contribution in [2.24, 2.45) is 0 Å². The monoisotopic (exact) mass is 356 g/mol. The largest absolute Gasteiger partial charge is 0.496 e. The van der Waals surface area contributed by atoms with Gasteiger partial charge in [0.2, 0.25) is 0 Å². The quantitative estimate of drug-likeness (QED) is 0.655. The number of methoxy groups -OCH3 is 1. The summed E-state index contributed by atoms with van der Waals surface area (Å²) in [5.41, 5.74) is 3.90. The minimum Gasteiger partial charge on any atom is -0.496 e. The number of hydrogen-bond acceptors (Lipinski definition) is 1. The first-order valence-corrected chi connectivity index (χ1v) is 7.41. The Balaban J connectivity index is 2.42. The molecular weight excluding hydrogens is 343 g/mol. The summed E-state index contributed by atoms with van der Waals surface area (Å²) in [6, 6.07) is 8.83. The smallest absolute Gasteiger partial charge is 0.137 e. The van der Waals surface area contributed by atoms with Crippen LogP contribution in [0, 0.1) is 19.7 Å². The maximum atomic E-state index is 13.3. The van der Waals surface area contributed by atoms with E-state index >= 15 is 0 Å². The number of ether oxygens (including phenoxy) is 1. The first-order chi connectivity index (χ1) is 9.43. The van der Waals surface area contributed by atoms with Gasteiger partial charge in [-0.1, -0.05) is 18.2 Å². The molecule has 0 aliphatic heterocycles. The van der Waals surface area contributed by atoms with Crippen LogP contribution in [-0.4, -0.2) is 7.11 Å². The summed E-state index contributed by atoms with van der Waals surface area (Å²) in [5.74, 6) is 0.581. The highest BCUT2D eigenvalue weighted by atomic mass is 79.9. The normalized spacial score (nSPS) is 12.3. The lowest BCUT2D eigenvalue weighted by Crippen LogP contribution is -1.98. The van der Waals surface area contributed by atoms with E-state index in [1.807, 2.05) is 26.0 Å². The van der Waals surface area contributed by atoms with Gasteiger partial charge in [-0.15, -0.1) is 11.6 Å². The molecule has 0 N–H and O–H groups in total. The zero-order valence-electron chi connectivity index (χ0n) is 11.5. The van der Waals surface area contributed by atoms with Crippen LogP contribution in [0.2, 0.25) is 0 Å². The Morgan fingerprint density at radius 1 is 1.10 bits per heavy atom. The molecule has 2 rings (SSSR count). The summed E-state index contributed by atoms with van der Waals surface area (Å²) < 4.78 is 19.1. The van der Waals surface area contributed by atoms with Crippen molar-refractivity contribution < 1.29 is 9.13 Å². The molecule has 0 amide bonds. The fourth-order valence-electron chi connectivity index (χ4n) is 2.31. The van der Waals surface area contributed by atoms with Gasteiger partial charge in [0, 0.05) is 0 Å². The van der Waals surface area contributed by atoms with E-state index in [4.69, 9.17) is 16.3 Å². The van der Waals surface area contributed by atoms with Crippen LogP contribution in [-0.2, 0) is 0 Å². The van der Waals surface area contributed by atoms with Gasteiger partial charge in [0.25, 0.3) is 0 Å². The molecule has 4 heteroatoms. The highest BCUT2D eigenvalue weighted by Gasteiger charge is 2.15. The molecular formula is C16H15BrClFO. The zero-order chi connectivity index (χ0) is 14.9. The van der Waals surface area contributed by atoms with Crippen LogP contribution in [0.15, 0.2) is 34.8 Å². The van der Waals surface area contributed by atoms with Crippen molar-refractivity contribution in [3.8, 4) is 5.75 Å². The molecule has 1 nitrogen and oxygen atoms in total. The standard InChI is InChI=1S/C16H15BrClFO/c1-9-6-12(7-10(2)16(9)20-3)15(18)11-4-5-14(19)13(17)8-11/h4-8,15H,1-3H3. The molecule has 1 atom stereocenters. The van der Waals surface area contributed by atoms with Gasteiger partial charge in [-0.2, -0.15) is 0 Å². The third-order valence-electron chi connectivity index (χ3n) is 3.22. The summed E-state index contributed by atoms with van der Waals surface area (Å²) in [4.78, 5) is 0. The minimum absolute atomic E-state index is 0.292. The molecule has 1 unspecified atom stereocenters. The van der Waals surface area contributed by atoms with Gasteiger partial charge in [0.05, 0.1) is 17.0 Å². The second-order valence-electron chi connectivity index (χ2n) is 4.72. The van der Waals surface area contributed by atoms with Crippen LogP contribution < -0.4 is 4.74 Å². The predicted octanol–water partition coefficient (Wildman–Crippen LogP) is 5.54. The van der Waals surface area contributed by atoms with E-state index < -0.39 is 0 Å². The molecule has 0 aromatic heterocycles. The van der Waals surface area contributed by atoms with E-state index in [2.05, 4.69) is 15.9 Å². The van der Waals surface area contributed by atoms with Gasteiger partial charge in [0.15, 0.2) is 0 Å². The molecule has 0 aliphatic carbocycles. The maximum absolute atomic E-state index is 13.3. The SMILES string of the molecule is COc1c(C)cc(C(Cl)c2ccc(F)c(Br)c2)cc1C. The second kappa shape index (κ2) is 6.15. The van der Waals surface area contributed by atoms with Gasteiger partial charge < -0.3 is 4.74 Å². The summed E-state index contributed by atoms with van der Waals surface area (Å²) in [7, 11) is 1.66. The Labute approximate surface area is 131 Å². The average Bonchev–Trinajstić information content (AvgIpc) is 2.40. The highest BCUT2D eigenvalue weighted by molar-refractivity contribution is 9.10. The first-order valence-electron chi connectivity index (χ1n) is 6.18. The summed E-state index contributed by atoms with van der Waals surface area (Å²) in [5, 5.41) is -0.324. The highest BCUT2D eigenvalue weighted by Crippen LogP contribution is 2.35. The number of benzene rings is 2. The Bertz CT molecular complexity index is 619. The molecule has 2 aromatic carbocycles. The maximum Gasteiger partial charge on any atom is 0.137 e. The molecule has 20 heavy (non-hydrogen) atoms. The van der Waals surface area contributed by atoms with Crippen molar-refractivity contribution in [2.75, 3.05) is 7.11 Å². The van der Waals surface area contributed by atoms with E-state index in [0.29, 0.717) is 4.47 Å². The topological polar surface area (TPSA) is 9.23 Å². The fraction of sp³-hybridized carbons (Fsp3) is 0.250. The van der Waals surface area contributed by atoms with Crippen LogP contribution in [0.25, 0.3) is 0 Å².